The van der Waals surface area contributed by atoms with E-state index in [9.17, 15) is 5.11 Å². The number of piperazine rings is 1. The van der Waals surface area contributed by atoms with Crippen molar-refractivity contribution in [3.05, 3.63) is 37.5 Å². The molecule has 1 aliphatic heterocycles. The third kappa shape index (κ3) is 5.98. The Morgan fingerprint density at radius 2 is 1.77 bits per heavy atom. The summed E-state index contributed by atoms with van der Waals surface area (Å²) in [4.78, 5) is 2.54. The largest absolute Gasteiger partial charge is 0.506 e. The van der Waals surface area contributed by atoms with Gasteiger partial charge in [-0.25, -0.2) is 0 Å². The van der Waals surface area contributed by atoms with E-state index in [1.165, 1.54) is 5.56 Å². The fourth-order valence-electron chi connectivity index (χ4n) is 2.61. The summed E-state index contributed by atoms with van der Waals surface area (Å²) in [7, 11) is 0. The van der Waals surface area contributed by atoms with Gasteiger partial charge in [0.1, 0.15) is 5.75 Å². The smallest absolute Gasteiger partial charge is 0.142 e. The third-order valence-corrected chi connectivity index (χ3v) is 5.31. The van der Waals surface area contributed by atoms with Crippen LogP contribution in [0.2, 0.25) is 0 Å². The van der Waals surface area contributed by atoms with E-state index in [0.29, 0.717) is 11.8 Å². The van der Waals surface area contributed by atoms with E-state index in [2.05, 4.69) is 74.1 Å². The lowest BCUT2D eigenvalue weighted by atomic mass is 9.99. The summed E-state index contributed by atoms with van der Waals surface area (Å²) in [6.07, 6.45) is 4.09. The molecule has 1 saturated heterocycles. The molecular formula is C15H22Cl2I2N2O. The highest BCUT2D eigenvalue weighted by Crippen LogP contribution is 2.33. The van der Waals surface area contributed by atoms with Crippen LogP contribution in [0.4, 0.5) is 0 Å². The van der Waals surface area contributed by atoms with Gasteiger partial charge in [0.25, 0.3) is 0 Å². The fraction of sp³-hybridized carbons (Fsp3) is 0.467. The van der Waals surface area contributed by atoms with Gasteiger partial charge < -0.3 is 10.4 Å². The van der Waals surface area contributed by atoms with Crippen LogP contribution in [0.3, 0.4) is 0 Å². The molecule has 1 fully saturated rings. The highest BCUT2D eigenvalue weighted by molar-refractivity contribution is 14.1. The number of nitrogens with zero attached hydrogens (tertiary/aromatic N) is 1. The van der Waals surface area contributed by atoms with Crippen molar-refractivity contribution < 1.29 is 5.11 Å². The van der Waals surface area contributed by atoms with Crippen LogP contribution in [0.25, 0.3) is 0 Å². The van der Waals surface area contributed by atoms with Crippen LogP contribution in [0.15, 0.2) is 24.8 Å². The van der Waals surface area contributed by atoms with Gasteiger partial charge in [0, 0.05) is 32.2 Å². The zero-order chi connectivity index (χ0) is 14.5. The number of allylic oxidation sites excluding steroid dienone is 1. The molecule has 1 aromatic carbocycles. The summed E-state index contributed by atoms with van der Waals surface area (Å²) in [5, 5.41) is 13.3. The molecule has 0 amide bonds. The van der Waals surface area contributed by atoms with Crippen molar-refractivity contribution in [2.24, 2.45) is 0 Å². The molecule has 0 aromatic heterocycles. The van der Waals surface area contributed by atoms with Crippen molar-refractivity contribution in [3.8, 4) is 5.75 Å². The summed E-state index contributed by atoms with van der Waals surface area (Å²) >= 11 is 4.42. The summed E-state index contributed by atoms with van der Waals surface area (Å²) in [5.74, 6) is 0.401. The molecular weight excluding hydrogens is 549 g/mol. The highest BCUT2D eigenvalue weighted by Gasteiger charge is 2.23. The Kier molecular flexibility index (Phi) is 11.7. The number of phenolic OH excluding ortho intramolecular Hbond substituents is 1. The molecule has 1 heterocycles. The SMILES string of the molecule is C=CCC[C@@H](c1cc(I)c(O)c(I)c1)N1CCNCC1.Cl.Cl. The molecule has 0 unspecified atom stereocenters. The van der Waals surface area contributed by atoms with Gasteiger partial charge in [0.05, 0.1) is 7.14 Å². The Balaban J connectivity index is 0.00000220. The van der Waals surface area contributed by atoms with Crippen molar-refractivity contribution in [1.82, 2.24) is 10.2 Å². The maximum absolute atomic E-state index is 9.94. The van der Waals surface area contributed by atoms with Gasteiger partial charge in [-0.3, -0.25) is 4.90 Å². The Hall–Kier alpha value is 0.720. The van der Waals surface area contributed by atoms with Gasteiger partial charge >= 0.3 is 0 Å². The monoisotopic (exact) mass is 570 g/mol. The van der Waals surface area contributed by atoms with Crippen molar-refractivity contribution in [1.29, 1.82) is 0 Å². The average molecular weight is 571 g/mol. The molecule has 0 bridgehead atoms. The van der Waals surface area contributed by atoms with Crippen LogP contribution in [0.1, 0.15) is 24.4 Å². The van der Waals surface area contributed by atoms with Gasteiger partial charge in [0.2, 0.25) is 0 Å². The number of rotatable bonds is 5. The molecule has 2 rings (SSSR count). The second kappa shape index (κ2) is 11.3. The van der Waals surface area contributed by atoms with E-state index in [4.69, 9.17) is 0 Å². The Bertz CT molecular complexity index is 460. The molecule has 0 aliphatic carbocycles. The molecule has 22 heavy (non-hydrogen) atoms. The fourth-order valence-corrected chi connectivity index (χ4v) is 4.42. The average Bonchev–Trinajstić information content (AvgIpc) is 2.46. The molecule has 1 aliphatic rings. The van der Waals surface area contributed by atoms with Gasteiger partial charge in [0.15, 0.2) is 0 Å². The number of aromatic hydroxyl groups is 1. The lowest BCUT2D eigenvalue weighted by Gasteiger charge is -2.35. The number of phenols is 1. The molecule has 2 N–H and O–H groups in total. The standard InChI is InChI=1S/C15H20I2N2O.2ClH/c1-2-3-4-14(19-7-5-18-6-8-19)11-9-12(16)15(20)13(17)10-11;;/h2,9-10,14,18,20H,1,3-8H2;2*1H/t14-;;/m0../s1. The summed E-state index contributed by atoms with van der Waals surface area (Å²) < 4.78 is 1.87. The maximum Gasteiger partial charge on any atom is 0.142 e. The third-order valence-electron chi connectivity index (χ3n) is 3.66. The van der Waals surface area contributed by atoms with E-state index in [0.717, 1.165) is 46.2 Å². The molecule has 0 radical (unpaired) electrons. The maximum atomic E-state index is 9.94. The Morgan fingerprint density at radius 3 is 2.27 bits per heavy atom. The zero-order valence-electron chi connectivity index (χ0n) is 12.2. The number of hydrogen-bond donors (Lipinski definition) is 2. The van der Waals surface area contributed by atoms with E-state index in [1.807, 2.05) is 6.08 Å². The minimum absolute atomic E-state index is 0. The van der Waals surface area contributed by atoms with Gasteiger partial charge in [-0.15, -0.1) is 31.4 Å². The van der Waals surface area contributed by atoms with Crippen LogP contribution in [0.5, 0.6) is 5.75 Å². The van der Waals surface area contributed by atoms with E-state index < -0.39 is 0 Å². The van der Waals surface area contributed by atoms with Crippen molar-refractivity contribution in [3.63, 3.8) is 0 Å². The van der Waals surface area contributed by atoms with Crippen molar-refractivity contribution in [2.75, 3.05) is 26.2 Å². The van der Waals surface area contributed by atoms with Crippen LogP contribution < -0.4 is 5.32 Å². The van der Waals surface area contributed by atoms with Crippen LogP contribution in [-0.4, -0.2) is 36.2 Å². The quantitative estimate of drug-likeness (QED) is 0.408. The number of halogens is 4. The number of nitrogens with one attached hydrogen (secondary N) is 1. The summed E-state index contributed by atoms with van der Waals surface area (Å²) in [6.45, 7) is 8.11. The van der Waals surface area contributed by atoms with Gasteiger partial charge in [-0.2, -0.15) is 0 Å². The number of hydrogen-bond acceptors (Lipinski definition) is 3. The predicted octanol–water partition coefficient (Wildman–Crippen LogP) is 4.36. The zero-order valence-corrected chi connectivity index (χ0v) is 18.2. The summed E-state index contributed by atoms with van der Waals surface area (Å²) in [6, 6.07) is 4.65. The first kappa shape index (κ1) is 22.7. The minimum atomic E-state index is 0. The van der Waals surface area contributed by atoms with E-state index in [-0.39, 0.29) is 24.8 Å². The topological polar surface area (TPSA) is 35.5 Å². The highest BCUT2D eigenvalue weighted by atomic mass is 127. The lowest BCUT2D eigenvalue weighted by molar-refractivity contribution is 0.166. The second-order valence-corrected chi connectivity index (χ2v) is 7.33. The van der Waals surface area contributed by atoms with Crippen LogP contribution in [-0.2, 0) is 0 Å². The first-order valence-electron chi connectivity index (χ1n) is 6.87. The van der Waals surface area contributed by atoms with Crippen molar-refractivity contribution >= 4 is 70.0 Å². The Morgan fingerprint density at radius 1 is 1.23 bits per heavy atom. The summed E-state index contributed by atoms with van der Waals surface area (Å²) in [5.41, 5.74) is 1.31. The molecule has 1 aromatic rings. The van der Waals surface area contributed by atoms with Crippen LogP contribution in [0, 0.1) is 7.14 Å². The number of benzene rings is 1. The lowest BCUT2D eigenvalue weighted by Crippen LogP contribution is -2.45. The van der Waals surface area contributed by atoms with E-state index in [1.54, 1.807) is 0 Å². The normalized spacial score (nSPS) is 16.3. The predicted molar refractivity (Wildman–Crippen MR) is 115 cm³/mol. The van der Waals surface area contributed by atoms with E-state index >= 15 is 0 Å². The molecule has 3 nitrogen and oxygen atoms in total. The van der Waals surface area contributed by atoms with Crippen molar-refractivity contribution in [2.45, 2.75) is 18.9 Å². The minimum Gasteiger partial charge on any atom is -0.506 e. The molecule has 0 spiro atoms. The molecule has 0 saturated carbocycles. The molecule has 126 valence electrons. The first-order chi connectivity index (χ1) is 9.63. The molecule has 7 heteroatoms. The van der Waals surface area contributed by atoms with Gasteiger partial charge in [-0.1, -0.05) is 6.08 Å². The second-order valence-electron chi connectivity index (χ2n) is 5.00. The van der Waals surface area contributed by atoms with Gasteiger partial charge in [-0.05, 0) is 75.7 Å². The van der Waals surface area contributed by atoms with Crippen LogP contribution >= 0.6 is 70.0 Å². The molecule has 1 atom stereocenters. The Labute approximate surface area is 172 Å². The first-order valence-corrected chi connectivity index (χ1v) is 9.02.